The number of anilines is 2. The zero-order valence-corrected chi connectivity index (χ0v) is 16.3. The minimum absolute atomic E-state index is 0.0189. The summed E-state index contributed by atoms with van der Waals surface area (Å²) in [4.78, 5) is 40.3. The molecule has 0 bridgehead atoms. The number of carbonyl (C=O) groups is 3. The van der Waals surface area contributed by atoms with E-state index in [9.17, 15) is 14.4 Å². The maximum absolute atomic E-state index is 13.0. The van der Waals surface area contributed by atoms with E-state index in [2.05, 4.69) is 5.32 Å². The van der Waals surface area contributed by atoms with Crippen LogP contribution in [0.1, 0.15) is 28.8 Å². The van der Waals surface area contributed by atoms with Crippen molar-refractivity contribution in [3.05, 3.63) is 53.6 Å². The number of benzene rings is 2. The van der Waals surface area contributed by atoms with E-state index in [1.807, 2.05) is 18.2 Å². The second kappa shape index (κ2) is 7.95. The molecule has 150 valence electrons. The predicted octanol–water partition coefficient (Wildman–Crippen LogP) is 2.46. The minimum atomic E-state index is -0.230. The van der Waals surface area contributed by atoms with Crippen LogP contribution in [-0.2, 0) is 16.0 Å². The molecule has 7 nitrogen and oxygen atoms in total. The quantitative estimate of drug-likeness (QED) is 0.846. The minimum Gasteiger partial charge on any atom is -0.497 e. The second-order valence-corrected chi connectivity index (χ2v) is 7.25. The van der Waals surface area contributed by atoms with Gasteiger partial charge < -0.3 is 19.9 Å². The molecule has 0 saturated carbocycles. The van der Waals surface area contributed by atoms with E-state index in [0.717, 1.165) is 24.1 Å². The van der Waals surface area contributed by atoms with Crippen molar-refractivity contribution in [1.82, 2.24) is 4.90 Å². The average molecular weight is 393 g/mol. The van der Waals surface area contributed by atoms with Gasteiger partial charge in [-0.2, -0.15) is 0 Å². The molecule has 2 aliphatic rings. The number of hydrogen-bond donors (Lipinski definition) is 1. The van der Waals surface area contributed by atoms with Gasteiger partial charge in [0.2, 0.25) is 11.8 Å². The van der Waals surface area contributed by atoms with Gasteiger partial charge in [-0.05, 0) is 54.8 Å². The first-order chi connectivity index (χ1) is 14.0. The van der Waals surface area contributed by atoms with E-state index in [0.29, 0.717) is 36.5 Å². The van der Waals surface area contributed by atoms with Crippen molar-refractivity contribution < 1.29 is 19.1 Å². The zero-order valence-electron chi connectivity index (χ0n) is 16.3. The fourth-order valence-corrected chi connectivity index (χ4v) is 3.80. The fraction of sp³-hybridized carbons (Fsp3) is 0.318. The molecule has 2 aromatic rings. The molecule has 1 fully saturated rings. The van der Waals surface area contributed by atoms with Crippen molar-refractivity contribution in [2.45, 2.75) is 19.3 Å². The van der Waals surface area contributed by atoms with Crippen molar-refractivity contribution >= 4 is 29.1 Å². The molecular formula is C22H23N3O4. The SMILES string of the molecule is COc1ccc(C(=O)N2CCc3ccc(NC(=O)CN4CCCC4=O)cc32)cc1. The molecule has 29 heavy (non-hydrogen) atoms. The van der Waals surface area contributed by atoms with E-state index in [-0.39, 0.29) is 24.3 Å². The summed E-state index contributed by atoms with van der Waals surface area (Å²) < 4.78 is 5.15. The summed E-state index contributed by atoms with van der Waals surface area (Å²) in [5, 5.41) is 2.85. The molecule has 2 aromatic carbocycles. The molecule has 0 atom stereocenters. The Morgan fingerprint density at radius 2 is 1.86 bits per heavy atom. The summed E-state index contributed by atoms with van der Waals surface area (Å²) in [6, 6.07) is 12.6. The van der Waals surface area contributed by atoms with E-state index in [1.165, 1.54) is 0 Å². The number of nitrogens with one attached hydrogen (secondary N) is 1. The largest absolute Gasteiger partial charge is 0.497 e. The number of carbonyl (C=O) groups excluding carboxylic acids is 3. The Kier molecular flexibility index (Phi) is 5.20. The lowest BCUT2D eigenvalue weighted by Crippen LogP contribution is -2.34. The molecule has 0 spiro atoms. The van der Waals surface area contributed by atoms with E-state index in [4.69, 9.17) is 4.74 Å². The van der Waals surface area contributed by atoms with Gasteiger partial charge in [-0.1, -0.05) is 6.07 Å². The summed E-state index contributed by atoms with van der Waals surface area (Å²) in [5.41, 5.74) is 3.08. The number of fused-ring (bicyclic) bond motifs is 1. The van der Waals surface area contributed by atoms with Crippen LogP contribution in [0.3, 0.4) is 0 Å². The standard InChI is InChI=1S/C22H23N3O4/c1-29-18-8-5-16(6-9-18)22(28)25-12-10-15-4-7-17(13-19(15)25)23-20(26)14-24-11-2-3-21(24)27/h4-9,13H,2-3,10-12,14H2,1H3,(H,23,26). The molecule has 0 radical (unpaired) electrons. The maximum Gasteiger partial charge on any atom is 0.258 e. The van der Waals surface area contributed by atoms with Crippen LogP contribution in [0, 0.1) is 0 Å². The van der Waals surface area contributed by atoms with Crippen molar-refractivity contribution in [3.63, 3.8) is 0 Å². The normalized spacial score (nSPS) is 15.4. The van der Waals surface area contributed by atoms with Gasteiger partial charge in [0.15, 0.2) is 0 Å². The van der Waals surface area contributed by atoms with Crippen LogP contribution in [0.25, 0.3) is 0 Å². The fourth-order valence-electron chi connectivity index (χ4n) is 3.80. The third kappa shape index (κ3) is 3.94. The van der Waals surface area contributed by atoms with Gasteiger partial charge in [-0.3, -0.25) is 14.4 Å². The van der Waals surface area contributed by atoms with Gasteiger partial charge in [0.05, 0.1) is 13.7 Å². The van der Waals surface area contributed by atoms with Crippen molar-refractivity contribution in [2.75, 3.05) is 37.0 Å². The van der Waals surface area contributed by atoms with Crippen LogP contribution in [0.2, 0.25) is 0 Å². The van der Waals surface area contributed by atoms with Crippen LogP contribution >= 0.6 is 0 Å². The van der Waals surface area contributed by atoms with Gasteiger partial charge in [-0.15, -0.1) is 0 Å². The third-order valence-electron chi connectivity index (χ3n) is 5.35. The first-order valence-electron chi connectivity index (χ1n) is 9.71. The molecule has 0 aromatic heterocycles. The molecule has 1 saturated heterocycles. The Hall–Kier alpha value is -3.35. The van der Waals surface area contributed by atoms with Crippen molar-refractivity contribution in [3.8, 4) is 5.75 Å². The lowest BCUT2D eigenvalue weighted by Gasteiger charge is -2.19. The van der Waals surface area contributed by atoms with Crippen molar-refractivity contribution in [2.24, 2.45) is 0 Å². The number of amides is 3. The highest BCUT2D eigenvalue weighted by atomic mass is 16.5. The second-order valence-electron chi connectivity index (χ2n) is 7.25. The van der Waals surface area contributed by atoms with Gasteiger partial charge in [0.1, 0.15) is 5.75 Å². The van der Waals surface area contributed by atoms with E-state index >= 15 is 0 Å². The number of rotatable bonds is 5. The summed E-state index contributed by atoms with van der Waals surface area (Å²) in [7, 11) is 1.59. The predicted molar refractivity (Wildman–Crippen MR) is 109 cm³/mol. The molecule has 0 unspecified atom stereocenters. The first-order valence-corrected chi connectivity index (χ1v) is 9.71. The Morgan fingerprint density at radius 3 is 2.55 bits per heavy atom. The van der Waals surface area contributed by atoms with Crippen LogP contribution in [-0.4, -0.2) is 49.4 Å². The molecule has 1 N–H and O–H groups in total. The molecule has 4 rings (SSSR count). The van der Waals surface area contributed by atoms with Gasteiger partial charge in [-0.25, -0.2) is 0 Å². The topological polar surface area (TPSA) is 79.0 Å². The third-order valence-corrected chi connectivity index (χ3v) is 5.35. The van der Waals surface area contributed by atoms with Crippen LogP contribution in [0.4, 0.5) is 11.4 Å². The zero-order chi connectivity index (χ0) is 20.4. The number of methoxy groups -OCH3 is 1. The van der Waals surface area contributed by atoms with Gasteiger partial charge >= 0.3 is 0 Å². The monoisotopic (exact) mass is 393 g/mol. The Morgan fingerprint density at radius 1 is 1.07 bits per heavy atom. The first kappa shape index (κ1) is 19.0. The number of ether oxygens (including phenoxy) is 1. The average Bonchev–Trinajstić information content (AvgIpc) is 3.33. The van der Waals surface area contributed by atoms with Crippen LogP contribution < -0.4 is 15.0 Å². The van der Waals surface area contributed by atoms with E-state index in [1.54, 1.807) is 41.2 Å². The highest BCUT2D eigenvalue weighted by molar-refractivity contribution is 6.08. The maximum atomic E-state index is 13.0. The summed E-state index contributed by atoms with van der Waals surface area (Å²) >= 11 is 0. The van der Waals surface area contributed by atoms with Crippen LogP contribution in [0.5, 0.6) is 5.75 Å². The Labute approximate surface area is 169 Å². The highest BCUT2D eigenvalue weighted by Gasteiger charge is 2.27. The summed E-state index contributed by atoms with van der Waals surface area (Å²) in [6.07, 6.45) is 2.08. The van der Waals surface area contributed by atoms with Crippen LogP contribution in [0.15, 0.2) is 42.5 Å². The summed E-state index contributed by atoms with van der Waals surface area (Å²) in [5.74, 6) is 0.402. The smallest absolute Gasteiger partial charge is 0.258 e. The lowest BCUT2D eigenvalue weighted by atomic mass is 10.1. The van der Waals surface area contributed by atoms with Crippen molar-refractivity contribution in [1.29, 1.82) is 0 Å². The number of likely N-dealkylation sites (tertiary alicyclic amines) is 1. The molecule has 2 aliphatic heterocycles. The van der Waals surface area contributed by atoms with Gasteiger partial charge in [0, 0.05) is 36.4 Å². The molecular weight excluding hydrogens is 370 g/mol. The highest BCUT2D eigenvalue weighted by Crippen LogP contribution is 2.32. The molecule has 3 amide bonds. The molecule has 2 heterocycles. The van der Waals surface area contributed by atoms with Gasteiger partial charge in [0.25, 0.3) is 5.91 Å². The molecule has 7 heteroatoms. The number of hydrogen-bond acceptors (Lipinski definition) is 4. The lowest BCUT2D eigenvalue weighted by molar-refractivity contribution is -0.131. The molecule has 0 aliphatic carbocycles. The Bertz CT molecular complexity index is 955. The Balaban J connectivity index is 1.48. The number of nitrogens with zero attached hydrogens (tertiary/aromatic N) is 2. The summed E-state index contributed by atoms with van der Waals surface area (Å²) in [6.45, 7) is 1.28. The van der Waals surface area contributed by atoms with E-state index < -0.39 is 0 Å².